The average molecular weight is 383 g/mol. The van der Waals surface area contributed by atoms with Gasteiger partial charge in [0.25, 0.3) is 5.89 Å². The number of nitrogens with zero attached hydrogens (tertiary/aromatic N) is 5. The predicted octanol–water partition coefficient (Wildman–Crippen LogP) is 3.76. The molecule has 2 aromatic carbocycles. The summed E-state index contributed by atoms with van der Waals surface area (Å²) in [5.74, 6) is 1.70. The molecule has 0 saturated heterocycles. The molecule has 0 amide bonds. The number of aromatic nitrogens is 5. The third-order valence-corrected chi connectivity index (χ3v) is 4.69. The Morgan fingerprint density at radius 2 is 1.96 bits per heavy atom. The molecule has 2 aromatic heterocycles. The van der Waals surface area contributed by atoms with Crippen LogP contribution in [0.3, 0.4) is 0 Å². The van der Waals surface area contributed by atoms with E-state index >= 15 is 0 Å². The molecule has 0 N–H and O–H groups in total. The summed E-state index contributed by atoms with van der Waals surface area (Å²) in [6.45, 7) is 0. The van der Waals surface area contributed by atoms with E-state index in [1.54, 1.807) is 25.6 Å². The van der Waals surface area contributed by atoms with Crippen LogP contribution >= 0.6 is 11.8 Å². The lowest BCUT2D eigenvalue weighted by atomic mass is 10.2. The molecule has 136 valence electrons. The van der Waals surface area contributed by atoms with Crippen molar-refractivity contribution in [1.82, 2.24) is 24.9 Å². The van der Waals surface area contributed by atoms with Crippen molar-refractivity contribution in [2.75, 3.05) is 7.11 Å². The second-order valence-corrected chi connectivity index (χ2v) is 6.41. The summed E-state index contributed by atoms with van der Waals surface area (Å²) in [7, 11) is 1.62. The summed E-state index contributed by atoms with van der Waals surface area (Å²) in [5.41, 5.74) is 1.50. The summed E-state index contributed by atoms with van der Waals surface area (Å²) in [6.07, 6.45) is 1.63. The summed E-state index contributed by atoms with van der Waals surface area (Å²) in [5, 5.41) is 12.8. The van der Waals surface area contributed by atoms with Crippen molar-refractivity contribution in [3.63, 3.8) is 0 Å². The Kier molecular flexibility index (Phi) is 4.84. The molecule has 4 aromatic rings. The normalized spacial score (nSPS) is 10.9. The lowest BCUT2D eigenvalue weighted by molar-refractivity contribution is 0.412. The maximum Gasteiger partial charge on any atom is 0.257 e. The van der Waals surface area contributed by atoms with E-state index < -0.39 is 0 Å². The van der Waals surface area contributed by atoms with Gasteiger partial charge in [-0.15, -0.1) is 10.2 Å². The van der Waals surface area contributed by atoms with Gasteiger partial charge in [-0.05, 0) is 36.4 Å². The largest absolute Gasteiger partial charge is 0.495 e. The van der Waals surface area contributed by atoms with Crippen LogP contribution in [0.25, 0.3) is 17.1 Å². The van der Waals surface area contributed by atoms with Gasteiger partial charge in [-0.2, -0.15) is 4.98 Å². The van der Waals surface area contributed by atoms with Crippen molar-refractivity contribution >= 4 is 11.8 Å². The molecular weight excluding hydrogens is 369 g/mol. The van der Waals surface area contributed by atoms with Gasteiger partial charge < -0.3 is 9.26 Å². The fourth-order valence-corrected chi connectivity index (χ4v) is 3.23. The molecule has 4 rings (SSSR count). The SMILES string of the molecule is COc1ccccc1-n1cnnc1SCc1noc(-c2ccc(F)cc2)n1. The first-order valence-electron chi connectivity index (χ1n) is 7.99. The van der Waals surface area contributed by atoms with E-state index in [0.29, 0.717) is 28.2 Å². The highest BCUT2D eigenvalue weighted by molar-refractivity contribution is 7.98. The molecule has 0 spiro atoms. The maximum absolute atomic E-state index is 13.0. The van der Waals surface area contributed by atoms with E-state index in [1.165, 1.54) is 23.9 Å². The molecule has 0 aliphatic rings. The van der Waals surface area contributed by atoms with Gasteiger partial charge in [-0.3, -0.25) is 4.57 Å². The summed E-state index contributed by atoms with van der Waals surface area (Å²) < 4.78 is 25.5. The van der Waals surface area contributed by atoms with E-state index in [4.69, 9.17) is 9.26 Å². The van der Waals surface area contributed by atoms with Crippen LogP contribution in [-0.2, 0) is 5.75 Å². The van der Waals surface area contributed by atoms with Crippen LogP contribution in [-0.4, -0.2) is 32.0 Å². The lowest BCUT2D eigenvalue weighted by Gasteiger charge is -2.10. The summed E-state index contributed by atoms with van der Waals surface area (Å²) in [6, 6.07) is 13.5. The van der Waals surface area contributed by atoms with Gasteiger partial charge in [0.15, 0.2) is 11.0 Å². The lowest BCUT2D eigenvalue weighted by Crippen LogP contribution is -1.99. The van der Waals surface area contributed by atoms with Gasteiger partial charge in [0.2, 0.25) is 0 Å². The van der Waals surface area contributed by atoms with Gasteiger partial charge in [0.1, 0.15) is 17.9 Å². The minimum absolute atomic E-state index is 0.315. The molecule has 0 saturated carbocycles. The molecule has 9 heteroatoms. The Bertz CT molecular complexity index is 1050. The van der Waals surface area contributed by atoms with Crippen LogP contribution < -0.4 is 4.74 Å². The number of para-hydroxylation sites is 2. The Labute approximate surface area is 158 Å². The fraction of sp³-hybridized carbons (Fsp3) is 0.111. The smallest absolute Gasteiger partial charge is 0.257 e. The molecule has 2 heterocycles. The van der Waals surface area contributed by atoms with Crippen LogP contribution in [0.1, 0.15) is 5.82 Å². The van der Waals surface area contributed by atoms with Crippen LogP contribution in [0, 0.1) is 5.82 Å². The zero-order valence-electron chi connectivity index (χ0n) is 14.2. The first-order valence-corrected chi connectivity index (χ1v) is 8.98. The van der Waals surface area contributed by atoms with Crippen molar-refractivity contribution in [3.8, 4) is 22.9 Å². The molecule has 0 unspecified atom stereocenters. The number of halogens is 1. The number of hydrogen-bond acceptors (Lipinski definition) is 7. The van der Waals surface area contributed by atoms with E-state index in [2.05, 4.69) is 20.3 Å². The number of thioether (sulfide) groups is 1. The molecule has 0 aliphatic heterocycles. The first kappa shape index (κ1) is 17.2. The van der Waals surface area contributed by atoms with Gasteiger partial charge in [0.05, 0.1) is 18.6 Å². The van der Waals surface area contributed by atoms with Gasteiger partial charge in [-0.25, -0.2) is 4.39 Å². The van der Waals surface area contributed by atoms with Crippen molar-refractivity contribution < 1.29 is 13.7 Å². The van der Waals surface area contributed by atoms with E-state index in [0.717, 1.165) is 11.4 Å². The number of benzene rings is 2. The van der Waals surface area contributed by atoms with Crippen molar-refractivity contribution in [1.29, 1.82) is 0 Å². The second kappa shape index (κ2) is 7.58. The average Bonchev–Trinajstić information content (AvgIpc) is 3.36. The van der Waals surface area contributed by atoms with Gasteiger partial charge in [0, 0.05) is 5.56 Å². The molecule has 27 heavy (non-hydrogen) atoms. The highest BCUT2D eigenvalue weighted by Crippen LogP contribution is 2.28. The van der Waals surface area contributed by atoms with Gasteiger partial charge >= 0.3 is 0 Å². The molecular formula is C18H14FN5O2S. The third kappa shape index (κ3) is 3.68. The maximum atomic E-state index is 13.0. The summed E-state index contributed by atoms with van der Waals surface area (Å²) in [4.78, 5) is 4.34. The Morgan fingerprint density at radius 1 is 1.15 bits per heavy atom. The Balaban J connectivity index is 1.51. The monoisotopic (exact) mass is 383 g/mol. The summed E-state index contributed by atoms with van der Waals surface area (Å²) >= 11 is 1.42. The van der Waals surface area contributed by atoms with Crippen molar-refractivity contribution in [3.05, 3.63) is 66.5 Å². The number of methoxy groups -OCH3 is 1. The van der Waals surface area contributed by atoms with Crippen molar-refractivity contribution in [2.45, 2.75) is 10.9 Å². The molecule has 0 bridgehead atoms. The molecule has 0 aliphatic carbocycles. The minimum atomic E-state index is -0.315. The number of rotatable bonds is 6. The quantitative estimate of drug-likeness (QED) is 0.469. The zero-order valence-corrected chi connectivity index (χ0v) is 15.1. The molecule has 7 nitrogen and oxygen atoms in total. The Hall–Kier alpha value is -3.20. The van der Waals surface area contributed by atoms with Crippen LogP contribution in [0.15, 0.2) is 64.5 Å². The minimum Gasteiger partial charge on any atom is -0.495 e. The molecule has 0 radical (unpaired) electrons. The molecule has 0 fully saturated rings. The van der Waals surface area contributed by atoms with Crippen molar-refractivity contribution in [2.24, 2.45) is 0 Å². The second-order valence-electron chi connectivity index (χ2n) is 5.47. The Morgan fingerprint density at radius 3 is 2.78 bits per heavy atom. The highest BCUT2D eigenvalue weighted by Gasteiger charge is 2.14. The zero-order chi connectivity index (χ0) is 18.6. The standard InChI is InChI=1S/C18H14FN5O2S/c1-25-15-5-3-2-4-14(15)24-11-20-22-18(24)27-10-16-21-17(26-23-16)12-6-8-13(19)9-7-12/h2-9,11H,10H2,1H3. The van der Waals surface area contributed by atoms with E-state index in [9.17, 15) is 4.39 Å². The van der Waals surface area contributed by atoms with E-state index in [1.807, 2.05) is 28.8 Å². The molecule has 0 atom stereocenters. The van der Waals surface area contributed by atoms with Crippen LogP contribution in [0.2, 0.25) is 0 Å². The third-order valence-electron chi connectivity index (χ3n) is 3.75. The van der Waals surface area contributed by atoms with Crippen LogP contribution in [0.5, 0.6) is 5.75 Å². The first-order chi connectivity index (χ1) is 13.2. The topological polar surface area (TPSA) is 78.9 Å². The van der Waals surface area contributed by atoms with E-state index in [-0.39, 0.29) is 5.82 Å². The van der Waals surface area contributed by atoms with Crippen LogP contribution in [0.4, 0.5) is 4.39 Å². The fourth-order valence-electron chi connectivity index (χ4n) is 2.47. The predicted molar refractivity (Wildman–Crippen MR) is 97.2 cm³/mol. The number of hydrogen-bond donors (Lipinski definition) is 0. The highest BCUT2D eigenvalue weighted by atomic mass is 32.2. The number of ether oxygens (including phenoxy) is 1. The van der Waals surface area contributed by atoms with Gasteiger partial charge in [-0.1, -0.05) is 29.1 Å².